The summed E-state index contributed by atoms with van der Waals surface area (Å²) in [6.45, 7) is 2.41. The van der Waals surface area contributed by atoms with Gasteiger partial charge in [-0.15, -0.1) is 0 Å². The summed E-state index contributed by atoms with van der Waals surface area (Å²) in [5, 5.41) is 5.23. The van der Waals surface area contributed by atoms with Crippen LogP contribution in [0.15, 0.2) is 42.5 Å². The van der Waals surface area contributed by atoms with Gasteiger partial charge in [0.05, 0.1) is 12.1 Å². The fourth-order valence-electron chi connectivity index (χ4n) is 3.46. The first-order valence-corrected chi connectivity index (χ1v) is 10.6. The third-order valence-electron chi connectivity index (χ3n) is 5.25. The van der Waals surface area contributed by atoms with Crippen LogP contribution in [0.5, 0.6) is 0 Å². The minimum atomic E-state index is -0.937. The van der Waals surface area contributed by atoms with Crippen molar-refractivity contribution in [1.82, 2.24) is 15.1 Å². The van der Waals surface area contributed by atoms with Crippen LogP contribution < -0.4 is 10.6 Å². The predicted molar refractivity (Wildman–Crippen MR) is 116 cm³/mol. The van der Waals surface area contributed by atoms with Crippen LogP contribution >= 0.6 is 0 Å². The maximum atomic E-state index is 13.6. The maximum Gasteiger partial charge on any atom is 0.254 e. The first kappa shape index (κ1) is 24.2. The van der Waals surface area contributed by atoms with E-state index >= 15 is 0 Å². The second kappa shape index (κ2) is 11.5. The van der Waals surface area contributed by atoms with Gasteiger partial charge in [0.1, 0.15) is 17.5 Å². The van der Waals surface area contributed by atoms with Gasteiger partial charge in [-0.2, -0.15) is 0 Å². The Morgan fingerprint density at radius 1 is 0.879 bits per heavy atom. The zero-order valence-electron chi connectivity index (χ0n) is 18.0. The Bertz CT molecular complexity index is 993. The molecule has 33 heavy (non-hydrogen) atoms. The first-order chi connectivity index (χ1) is 15.8. The lowest BCUT2D eigenvalue weighted by molar-refractivity contribution is -0.133. The number of carbonyl (C=O) groups excluding carboxylic acids is 3. The van der Waals surface area contributed by atoms with Crippen LogP contribution in [0.4, 0.5) is 18.9 Å². The zero-order valence-corrected chi connectivity index (χ0v) is 18.0. The van der Waals surface area contributed by atoms with Crippen molar-refractivity contribution >= 4 is 23.4 Å². The summed E-state index contributed by atoms with van der Waals surface area (Å²) in [6, 6.07) is 8.24. The fraction of sp³-hybridized carbons (Fsp3) is 0.348. The van der Waals surface area contributed by atoms with Crippen molar-refractivity contribution in [2.24, 2.45) is 0 Å². The molecule has 0 atom stereocenters. The Kier molecular flexibility index (Phi) is 8.42. The van der Waals surface area contributed by atoms with Gasteiger partial charge < -0.3 is 15.5 Å². The van der Waals surface area contributed by atoms with Crippen LogP contribution in [0.25, 0.3) is 0 Å². The number of nitrogens with one attached hydrogen (secondary N) is 2. The molecule has 1 aliphatic heterocycles. The monoisotopic (exact) mass is 462 g/mol. The van der Waals surface area contributed by atoms with Gasteiger partial charge in [-0.1, -0.05) is 0 Å². The summed E-state index contributed by atoms with van der Waals surface area (Å²) in [5.41, 5.74) is 0.270. The van der Waals surface area contributed by atoms with Gasteiger partial charge in [0, 0.05) is 50.9 Å². The molecule has 7 nitrogen and oxygen atoms in total. The van der Waals surface area contributed by atoms with Crippen molar-refractivity contribution in [2.75, 3.05) is 44.6 Å². The number of benzene rings is 2. The van der Waals surface area contributed by atoms with E-state index in [0.29, 0.717) is 44.4 Å². The van der Waals surface area contributed by atoms with E-state index in [1.165, 1.54) is 24.3 Å². The molecule has 0 bridgehead atoms. The van der Waals surface area contributed by atoms with Gasteiger partial charge in [-0.05, 0) is 42.8 Å². The van der Waals surface area contributed by atoms with Crippen molar-refractivity contribution < 1.29 is 27.6 Å². The van der Waals surface area contributed by atoms with Crippen molar-refractivity contribution in [3.63, 3.8) is 0 Å². The smallest absolute Gasteiger partial charge is 0.254 e. The Morgan fingerprint density at radius 2 is 1.55 bits per heavy atom. The summed E-state index contributed by atoms with van der Waals surface area (Å²) in [7, 11) is 0. The van der Waals surface area contributed by atoms with E-state index in [9.17, 15) is 27.6 Å². The largest absolute Gasteiger partial charge is 0.352 e. The lowest BCUT2D eigenvalue weighted by Gasteiger charge is -2.34. The molecule has 0 saturated carbocycles. The SMILES string of the molecule is O=C(CN1CCN(C(=O)CCCNC(=O)c2ccc(F)cc2F)CC1)Nc1ccc(F)cc1. The molecule has 0 aliphatic carbocycles. The van der Waals surface area contributed by atoms with Crippen molar-refractivity contribution in [3.8, 4) is 0 Å². The summed E-state index contributed by atoms with van der Waals surface area (Å²) >= 11 is 0. The van der Waals surface area contributed by atoms with E-state index in [4.69, 9.17) is 0 Å². The first-order valence-electron chi connectivity index (χ1n) is 10.6. The van der Waals surface area contributed by atoms with Gasteiger partial charge in [-0.3, -0.25) is 19.3 Å². The maximum absolute atomic E-state index is 13.6. The number of rotatable bonds is 8. The second-order valence-electron chi connectivity index (χ2n) is 7.70. The van der Waals surface area contributed by atoms with Gasteiger partial charge in [-0.25, -0.2) is 13.2 Å². The molecule has 0 unspecified atom stereocenters. The van der Waals surface area contributed by atoms with Crippen LogP contribution in [0, 0.1) is 17.5 Å². The predicted octanol–water partition coefficient (Wildman–Crippen LogP) is 2.40. The number of hydrogen-bond donors (Lipinski definition) is 2. The second-order valence-corrected chi connectivity index (χ2v) is 7.70. The van der Waals surface area contributed by atoms with E-state index in [0.717, 1.165) is 12.1 Å². The van der Waals surface area contributed by atoms with Crippen LogP contribution in [0.3, 0.4) is 0 Å². The lowest BCUT2D eigenvalue weighted by atomic mass is 10.2. The molecule has 1 saturated heterocycles. The summed E-state index contributed by atoms with van der Waals surface area (Å²) in [6.07, 6.45) is 0.602. The van der Waals surface area contributed by atoms with Gasteiger partial charge >= 0.3 is 0 Å². The van der Waals surface area contributed by atoms with Crippen LogP contribution in [0.1, 0.15) is 23.2 Å². The molecule has 0 radical (unpaired) electrons. The molecule has 1 fully saturated rings. The highest BCUT2D eigenvalue weighted by Crippen LogP contribution is 2.11. The molecule has 3 amide bonds. The molecular formula is C23H25F3N4O3. The summed E-state index contributed by atoms with van der Waals surface area (Å²) in [4.78, 5) is 40.1. The minimum Gasteiger partial charge on any atom is -0.352 e. The molecule has 2 N–H and O–H groups in total. The Morgan fingerprint density at radius 3 is 2.21 bits per heavy atom. The number of piperazine rings is 1. The Hall–Kier alpha value is -3.40. The minimum absolute atomic E-state index is 0.0624. The number of halogens is 3. The molecular weight excluding hydrogens is 437 g/mol. The molecule has 1 aliphatic rings. The highest BCUT2D eigenvalue weighted by atomic mass is 19.1. The van der Waals surface area contributed by atoms with Crippen molar-refractivity contribution in [3.05, 3.63) is 65.5 Å². The van der Waals surface area contributed by atoms with E-state index in [-0.39, 0.29) is 42.7 Å². The number of amides is 3. The highest BCUT2D eigenvalue weighted by molar-refractivity contribution is 5.94. The molecule has 10 heteroatoms. The standard InChI is InChI=1S/C23H25F3N4O3/c24-16-3-6-18(7-4-16)28-21(31)15-29-10-12-30(13-11-29)22(32)2-1-9-27-23(33)19-8-5-17(25)14-20(19)26/h3-8,14H,1-2,9-13,15H2,(H,27,33)(H,28,31). The quantitative estimate of drug-likeness (QED) is 0.591. The lowest BCUT2D eigenvalue weighted by Crippen LogP contribution is -2.50. The third kappa shape index (κ3) is 7.31. The molecule has 2 aromatic carbocycles. The molecule has 176 valence electrons. The van der Waals surface area contributed by atoms with Crippen LogP contribution in [-0.4, -0.2) is 66.8 Å². The topological polar surface area (TPSA) is 81.8 Å². The third-order valence-corrected chi connectivity index (χ3v) is 5.25. The Balaban J connectivity index is 1.32. The van der Waals surface area contributed by atoms with Gasteiger partial charge in [0.25, 0.3) is 5.91 Å². The van der Waals surface area contributed by atoms with Crippen LogP contribution in [0.2, 0.25) is 0 Å². The van der Waals surface area contributed by atoms with E-state index < -0.39 is 17.5 Å². The average molecular weight is 462 g/mol. The average Bonchev–Trinajstić information content (AvgIpc) is 2.78. The summed E-state index contributed by atoms with van der Waals surface area (Å²) in [5.74, 6) is -3.01. The molecule has 0 aromatic heterocycles. The van der Waals surface area contributed by atoms with Crippen LogP contribution in [-0.2, 0) is 9.59 Å². The molecule has 0 spiro atoms. The Labute approximate surface area is 189 Å². The van der Waals surface area contributed by atoms with Crippen molar-refractivity contribution in [1.29, 1.82) is 0 Å². The number of anilines is 1. The van der Waals surface area contributed by atoms with E-state index in [1.807, 2.05) is 4.90 Å². The molecule has 1 heterocycles. The van der Waals surface area contributed by atoms with Crippen molar-refractivity contribution in [2.45, 2.75) is 12.8 Å². The zero-order chi connectivity index (χ0) is 23.8. The highest BCUT2D eigenvalue weighted by Gasteiger charge is 2.22. The normalized spacial score (nSPS) is 14.1. The van der Waals surface area contributed by atoms with Gasteiger partial charge in [0.2, 0.25) is 11.8 Å². The fourth-order valence-corrected chi connectivity index (χ4v) is 3.46. The number of carbonyl (C=O) groups is 3. The number of nitrogens with zero attached hydrogens (tertiary/aromatic N) is 2. The number of hydrogen-bond acceptors (Lipinski definition) is 4. The van der Waals surface area contributed by atoms with E-state index in [2.05, 4.69) is 10.6 Å². The summed E-state index contributed by atoms with van der Waals surface area (Å²) < 4.78 is 39.5. The molecule has 3 rings (SSSR count). The molecule has 2 aromatic rings. The van der Waals surface area contributed by atoms with E-state index in [1.54, 1.807) is 4.90 Å². The van der Waals surface area contributed by atoms with Gasteiger partial charge in [0.15, 0.2) is 0 Å².